The predicted octanol–water partition coefficient (Wildman–Crippen LogP) is 1.75. The molecule has 1 N–H and O–H groups in total. The molecule has 0 saturated carbocycles. The van der Waals surface area contributed by atoms with Gasteiger partial charge in [0.2, 0.25) is 0 Å². The molecule has 0 spiro atoms. The number of methoxy groups -OCH3 is 1. The van der Waals surface area contributed by atoms with E-state index < -0.39 is 0 Å². The number of ether oxygens (including phenoxy) is 2. The van der Waals surface area contributed by atoms with Gasteiger partial charge in [0.15, 0.2) is 11.5 Å². The lowest BCUT2D eigenvalue weighted by molar-refractivity contribution is 0.250. The summed E-state index contributed by atoms with van der Waals surface area (Å²) in [5, 5.41) is 3.30. The zero-order valence-corrected chi connectivity index (χ0v) is 11.8. The van der Waals surface area contributed by atoms with Crippen molar-refractivity contribution in [2.45, 2.75) is 13.5 Å². The standard InChI is InChI=1S/C14H24N2O2/c1-5-15-11-12-6-7-13(17-4)14(10-12)18-9-8-16(2)3/h6-7,10,15H,5,8-9,11H2,1-4H3. The highest BCUT2D eigenvalue weighted by molar-refractivity contribution is 5.42. The zero-order valence-electron chi connectivity index (χ0n) is 11.8. The monoisotopic (exact) mass is 252 g/mol. The molecule has 0 fully saturated rings. The number of nitrogens with zero attached hydrogens (tertiary/aromatic N) is 1. The quantitative estimate of drug-likeness (QED) is 0.764. The maximum atomic E-state index is 5.77. The van der Waals surface area contributed by atoms with Crippen LogP contribution in [0.5, 0.6) is 11.5 Å². The maximum absolute atomic E-state index is 5.77. The van der Waals surface area contributed by atoms with Gasteiger partial charge in [-0.15, -0.1) is 0 Å². The molecule has 0 saturated heterocycles. The van der Waals surface area contributed by atoms with E-state index in [1.165, 1.54) is 5.56 Å². The first-order chi connectivity index (χ1) is 8.67. The Labute approximate surface area is 110 Å². The molecular formula is C14H24N2O2. The van der Waals surface area contributed by atoms with E-state index in [1.807, 2.05) is 26.2 Å². The van der Waals surface area contributed by atoms with E-state index in [2.05, 4.69) is 23.2 Å². The van der Waals surface area contributed by atoms with Crippen molar-refractivity contribution in [3.8, 4) is 11.5 Å². The molecule has 0 aromatic heterocycles. The van der Waals surface area contributed by atoms with Crippen molar-refractivity contribution >= 4 is 0 Å². The average molecular weight is 252 g/mol. The molecule has 18 heavy (non-hydrogen) atoms. The van der Waals surface area contributed by atoms with Crippen LogP contribution in [0, 0.1) is 0 Å². The van der Waals surface area contributed by atoms with Gasteiger partial charge in [-0.05, 0) is 38.3 Å². The fourth-order valence-electron chi connectivity index (χ4n) is 1.55. The summed E-state index contributed by atoms with van der Waals surface area (Å²) >= 11 is 0. The van der Waals surface area contributed by atoms with E-state index in [0.29, 0.717) is 6.61 Å². The number of hydrogen-bond acceptors (Lipinski definition) is 4. The van der Waals surface area contributed by atoms with Crippen LogP contribution in [0.4, 0.5) is 0 Å². The van der Waals surface area contributed by atoms with Gasteiger partial charge in [0.05, 0.1) is 7.11 Å². The maximum Gasteiger partial charge on any atom is 0.161 e. The van der Waals surface area contributed by atoms with E-state index in [9.17, 15) is 0 Å². The molecule has 0 bridgehead atoms. The van der Waals surface area contributed by atoms with Crippen LogP contribution < -0.4 is 14.8 Å². The molecule has 0 aliphatic carbocycles. The van der Waals surface area contributed by atoms with Crippen LogP contribution in [0.3, 0.4) is 0 Å². The smallest absolute Gasteiger partial charge is 0.161 e. The summed E-state index contributed by atoms with van der Waals surface area (Å²) in [5.74, 6) is 1.60. The molecule has 1 rings (SSSR count). The first-order valence-corrected chi connectivity index (χ1v) is 6.32. The van der Waals surface area contributed by atoms with Gasteiger partial charge in [-0.25, -0.2) is 0 Å². The molecule has 4 nitrogen and oxygen atoms in total. The largest absolute Gasteiger partial charge is 0.493 e. The Hall–Kier alpha value is -1.26. The minimum absolute atomic E-state index is 0.661. The Morgan fingerprint density at radius 2 is 2.00 bits per heavy atom. The van der Waals surface area contributed by atoms with E-state index in [1.54, 1.807) is 7.11 Å². The predicted molar refractivity (Wildman–Crippen MR) is 74.4 cm³/mol. The van der Waals surface area contributed by atoms with Crippen molar-refractivity contribution in [1.29, 1.82) is 0 Å². The molecule has 1 aromatic carbocycles. The second-order valence-electron chi connectivity index (χ2n) is 4.42. The van der Waals surface area contributed by atoms with Gasteiger partial charge >= 0.3 is 0 Å². The molecule has 0 aliphatic rings. The van der Waals surface area contributed by atoms with Crippen LogP contribution >= 0.6 is 0 Å². The van der Waals surface area contributed by atoms with Crippen LogP contribution in [-0.2, 0) is 6.54 Å². The van der Waals surface area contributed by atoms with Gasteiger partial charge in [-0.2, -0.15) is 0 Å². The molecule has 1 aromatic rings. The van der Waals surface area contributed by atoms with Crippen molar-refractivity contribution in [3.63, 3.8) is 0 Å². The lowest BCUT2D eigenvalue weighted by Crippen LogP contribution is -2.19. The van der Waals surface area contributed by atoms with Crippen molar-refractivity contribution in [2.24, 2.45) is 0 Å². The van der Waals surface area contributed by atoms with E-state index in [0.717, 1.165) is 31.1 Å². The second-order valence-corrected chi connectivity index (χ2v) is 4.42. The van der Waals surface area contributed by atoms with Gasteiger partial charge in [0, 0.05) is 13.1 Å². The van der Waals surface area contributed by atoms with E-state index in [4.69, 9.17) is 9.47 Å². The van der Waals surface area contributed by atoms with Crippen LogP contribution in [0.25, 0.3) is 0 Å². The van der Waals surface area contributed by atoms with Gasteiger partial charge < -0.3 is 19.7 Å². The normalized spacial score (nSPS) is 10.7. The first-order valence-electron chi connectivity index (χ1n) is 6.32. The lowest BCUT2D eigenvalue weighted by Gasteiger charge is -2.14. The van der Waals surface area contributed by atoms with Crippen molar-refractivity contribution < 1.29 is 9.47 Å². The Morgan fingerprint density at radius 1 is 1.22 bits per heavy atom. The molecule has 0 amide bonds. The molecular weight excluding hydrogens is 228 g/mol. The minimum atomic E-state index is 0.661. The van der Waals surface area contributed by atoms with Crippen LogP contribution in [0.1, 0.15) is 12.5 Å². The van der Waals surface area contributed by atoms with Gasteiger partial charge in [-0.3, -0.25) is 0 Å². The Bertz CT molecular complexity index is 354. The topological polar surface area (TPSA) is 33.7 Å². The fourth-order valence-corrected chi connectivity index (χ4v) is 1.55. The number of likely N-dealkylation sites (N-methyl/N-ethyl adjacent to an activating group) is 1. The Balaban J connectivity index is 2.66. The van der Waals surface area contributed by atoms with Crippen molar-refractivity contribution in [2.75, 3.05) is 40.9 Å². The molecule has 0 aliphatic heterocycles. The number of hydrogen-bond donors (Lipinski definition) is 1. The lowest BCUT2D eigenvalue weighted by atomic mass is 10.2. The fraction of sp³-hybridized carbons (Fsp3) is 0.571. The van der Waals surface area contributed by atoms with Crippen LogP contribution in [-0.4, -0.2) is 45.8 Å². The van der Waals surface area contributed by atoms with Crippen LogP contribution in [0.15, 0.2) is 18.2 Å². The summed E-state index contributed by atoms with van der Waals surface area (Å²) in [5.41, 5.74) is 1.21. The van der Waals surface area contributed by atoms with E-state index in [-0.39, 0.29) is 0 Å². The second kappa shape index (κ2) is 7.95. The molecule has 0 radical (unpaired) electrons. The van der Waals surface area contributed by atoms with Gasteiger partial charge in [0.1, 0.15) is 6.61 Å². The average Bonchev–Trinajstić information content (AvgIpc) is 2.36. The highest BCUT2D eigenvalue weighted by Gasteiger charge is 2.05. The number of rotatable bonds is 8. The van der Waals surface area contributed by atoms with Crippen LogP contribution in [0.2, 0.25) is 0 Å². The molecule has 4 heteroatoms. The summed E-state index contributed by atoms with van der Waals surface area (Å²) in [6.07, 6.45) is 0. The Morgan fingerprint density at radius 3 is 2.61 bits per heavy atom. The summed E-state index contributed by atoms with van der Waals surface area (Å²) in [4.78, 5) is 2.09. The SMILES string of the molecule is CCNCc1ccc(OC)c(OCCN(C)C)c1. The third-order valence-electron chi connectivity index (χ3n) is 2.60. The number of benzene rings is 1. The third-order valence-corrected chi connectivity index (χ3v) is 2.60. The van der Waals surface area contributed by atoms with Crippen molar-refractivity contribution in [3.05, 3.63) is 23.8 Å². The summed E-state index contributed by atoms with van der Waals surface area (Å²) < 4.78 is 11.1. The van der Waals surface area contributed by atoms with Gasteiger partial charge in [0.25, 0.3) is 0 Å². The zero-order chi connectivity index (χ0) is 13.4. The summed E-state index contributed by atoms with van der Waals surface area (Å²) in [7, 11) is 5.72. The van der Waals surface area contributed by atoms with Crippen molar-refractivity contribution in [1.82, 2.24) is 10.2 Å². The summed E-state index contributed by atoms with van der Waals surface area (Å²) in [6.45, 7) is 5.46. The van der Waals surface area contributed by atoms with E-state index >= 15 is 0 Å². The minimum Gasteiger partial charge on any atom is -0.493 e. The molecule has 0 heterocycles. The molecule has 0 atom stereocenters. The summed E-state index contributed by atoms with van der Waals surface area (Å²) in [6, 6.07) is 6.05. The van der Waals surface area contributed by atoms with Gasteiger partial charge in [-0.1, -0.05) is 13.0 Å². The third kappa shape index (κ3) is 4.94. The molecule has 102 valence electrons. The highest BCUT2D eigenvalue weighted by atomic mass is 16.5. The molecule has 0 unspecified atom stereocenters. The first kappa shape index (κ1) is 14.8. The highest BCUT2D eigenvalue weighted by Crippen LogP contribution is 2.27. The Kier molecular flexibility index (Phi) is 6.54. The number of nitrogens with one attached hydrogen (secondary N) is 1.